The average Bonchev–Trinajstić information content (AvgIpc) is 2.34. The molecular weight excluding hydrogens is 200 g/mol. The van der Waals surface area contributed by atoms with Crippen LogP contribution in [0.1, 0.15) is 18.4 Å². The molecular formula is C13H22N2O. The van der Waals surface area contributed by atoms with Crippen molar-refractivity contribution < 1.29 is 4.74 Å². The van der Waals surface area contributed by atoms with E-state index in [-0.39, 0.29) is 0 Å². The van der Waals surface area contributed by atoms with E-state index in [1.165, 1.54) is 11.3 Å². The highest BCUT2D eigenvalue weighted by Crippen LogP contribution is 2.18. The van der Waals surface area contributed by atoms with Gasteiger partial charge in [0, 0.05) is 39.5 Å². The van der Waals surface area contributed by atoms with Crippen molar-refractivity contribution >= 4 is 5.69 Å². The predicted molar refractivity (Wildman–Crippen MR) is 68.7 cm³/mol. The van der Waals surface area contributed by atoms with Gasteiger partial charge in [-0.1, -0.05) is 18.2 Å². The number of methoxy groups -OCH3 is 1. The largest absolute Gasteiger partial charge is 0.385 e. The van der Waals surface area contributed by atoms with Crippen LogP contribution in [0.2, 0.25) is 0 Å². The maximum atomic E-state index is 5.72. The van der Waals surface area contributed by atoms with Crippen molar-refractivity contribution in [3.63, 3.8) is 0 Å². The highest BCUT2D eigenvalue weighted by atomic mass is 16.5. The quantitative estimate of drug-likeness (QED) is 0.717. The number of nitrogens with two attached hydrogens (primary N) is 1. The molecule has 3 nitrogen and oxygen atoms in total. The smallest absolute Gasteiger partial charge is 0.0462 e. The highest BCUT2D eigenvalue weighted by Gasteiger charge is 2.04. The number of unbranched alkanes of at least 4 members (excludes halogenated alkanes) is 1. The van der Waals surface area contributed by atoms with E-state index in [9.17, 15) is 0 Å². The molecule has 0 aliphatic carbocycles. The highest BCUT2D eigenvalue weighted by molar-refractivity contribution is 5.52. The standard InChI is InChI=1S/C13H22N2O/c1-15(9-5-6-10-16-2)13-8-4-3-7-12(13)11-14/h3-4,7-8H,5-6,9-11,14H2,1-2H3. The maximum Gasteiger partial charge on any atom is 0.0462 e. The van der Waals surface area contributed by atoms with Gasteiger partial charge in [-0.05, 0) is 24.5 Å². The number of para-hydroxylation sites is 1. The Bertz CT molecular complexity index is 302. The van der Waals surface area contributed by atoms with Crippen LogP contribution in [-0.4, -0.2) is 27.3 Å². The van der Waals surface area contributed by atoms with Crippen LogP contribution in [-0.2, 0) is 11.3 Å². The van der Waals surface area contributed by atoms with E-state index in [0.29, 0.717) is 6.54 Å². The molecule has 0 saturated heterocycles. The lowest BCUT2D eigenvalue weighted by atomic mass is 10.1. The molecule has 0 radical (unpaired) electrons. The van der Waals surface area contributed by atoms with Crippen LogP contribution < -0.4 is 10.6 Å². The molecule has 0 heterocycles. The first-order valence-electron chi connectivity index (χ1n) is 5.77. The van der Waals surface area contributed by atoms with Crippen molar-refractivity contribution in [1.82, 2.24) is 0 Å². The molecule has 2 N–H and O–H groups in total. The van der Waals surface area contributed by atoms with Gasteiger partial charge >= 0.3 is 0 Å². The van der Waals surface area contributed by atoms with E-state index >= 15 is 0 Å². The number of nitrogens with zero attached hydrogens (tertiary/aromatic N) is 1. The fourth-order valence-electron chi connectivity index (χ4n) is 1.77. The van der Waals surface area contributed by atoms with Gasteiger partial charge < -0.3 is 15.4 Å². The lowest BCUT2D eigenvalue weighted by Crippen LogP contribution is -2.20. The third-order valence-electron chi connectivity index (χ3n) is 2.71. The second kappa shape index (κ2) is 7.25. The van der Waals surface area contributed by atoms with Crippen molar-refractivity contribution in [3.8, 4) is 0 Å². The SMILES string of the molecule is COCCCCN(C)c1ccccc1CN. The van der Waals surface area contributed by atoms with Gasteiger partial charge in [-0.2, -0.15) is 0 Å². The molecule has 0 fully saturated rings. The van der Waals surface area contributed by atoms with Crippen molar-refractivity contribution in [2.45, 2.75) is 19.4 Å². The van der Waals surface area contributed by atoms with Gasteiger partial charge in [0.15, 0.2) is 0 Å². The van der Waals surface area contributed by atoms with E-state index in [1.807, 2.05) is 6.07 Å². The molecule has 0 amide bonds. The summed E-state index contributed by atoms with van der Waals surface area (Å²) in [7, 11) is 3.86. The molecule has 1 aromatic carbocycles. The van der Waals surface area contributed by atoms with E-state index in [1.54, 1.807) is 7.11 Å². The number of hydrogen-bond donors (Lipinski definition) is 1. The first-order valence-corrected chi connectivity index (χ1v) is 5.77. The molecule has 0 unspecified atom stereocenters. The third-order valence-corrected chi connectivity index (χ3v) is 2.71. The molecule has 1 aromatic rings. The normalized spacial score (nSPS) is 10.4. The lowest BCUT2D eigenvalue weighted by molar-refractivity contribution is 0.193. The number of ether oxygens (including phenoxy) is 1. The van der Waals surface area contributed by atoms with Gasteiger partial charge in [0.1, 0.15) is 0 Å². The Kier molecular flexibility index (Phi) is 5.90. The zero-order valence-corrected chi connectivity index (χ0v) is 10.3. The zero-order valence-electron chi connectivity index (χ0n) is 10.3. The van der Waals surface area contributed by atoms with Crippen LogP contribution in [0.4, 0.5) is 5.69 Å². The van der Waals surface area contributed by atoms with E-state index in [0.717, 1.165) is 26.0 Å². The first kappa shape index (κ1) is 13.0. The molecule has 90 valence electrons. The second-order valence-corrected chi connectivity index (χ2v) is 3.95. The number of anilines is 1. The Morgan fingerprint density at radius 1 is 1.25 bits per heavy atom. The molecule has 0 bridgehead atoms. The number of benzene rings is 1. The van der Waals surface area contributed by atoms with Gasteiger partial charge in [-0.15, -0.1) is 0 Å². The number of hydrogen-bond acceptors (Lipinski definition) is 3. The third kappa shape index (κ3) is 3.83. The van der Waals surface area contributed by atoms with Crippen molar-refractivity contribution in [3.05, 3.63) is 29.8 Å². The summed E-state index contributed by atoms with van der Waals surface area (Å²) < 4.78 is 5.04. The summed E-state index contributed by atoms with van der Waals surface area (Å²) in [6, 6.07) is 8.30. The topological polar surface area (TPSA) is 38.5 Å². The van der Waals surface area contributed by atoms with Crippen LogP contribution >= 0.6 is 0 Å². The fraction of sp³-hybridized carbons (Fsp3) is 0.538. The van der Waals surface area contributed by atoms with Crippen molar-refractivity contribution in [2.24, 2.45) is 5.73 Å². The Morgan fingerprint density at radius 2 is 2.00 bits per heavy atom. The van der Waals surface area contributed by atoms with Crippen LogP contribution in [0.25, 0.3) is 0 Å². The summed E-state index contributed by atoms with van der Waals surface area (Å²) in [5.41, 5.74) is 8.16. The Labute approximate surface area is 98.2 Å². The van der Waals surface area contributed by atoms with Crippen molar-refractivity contribution in [1.29, 1.82) is 0 Å². The Balaban J connectivity index is 2.48. The second-order valence-electron chi connectivity index (χ2n) is 3.95. The average molecular weight is 222 g/mol. The van der Waals surface area contributed by atoms with Gasteiger partial charge in [0.05, 0.1) is 0 Å². The molecule has 0 aliphatic rings. The summed E-state index contributed by atoms with van der Waals surface area (Å²) in [5.74, 6) is 0. The minimum Gasteiger partial charge on any atom is -0.385 e. The minimum absolute atomic E-state index is 0.596. The molecule has 1 rings (SSSR count). The number of rotatable bonds is 7. The van der Waals surface area contributed by atoms with Gasteiger partial charge in [0.2, 0.25) is 0 Å². The van der Waals surface area contributed by atoms with Gasteiger partial charge in [-0.3, -0.25) is 0 Å². The zero-order chi connectivity index (χ0) is 11.8. The Hall–Kier alpha value is -1.06. The van der Waals surface area contributed by atoms with E-state index in [2.05, 4.69) is 30.1 Å². The summed E-state index contributed by atoms with van der Waals surface area (Å²) in [4.78, 5) is 2.26. The Morgan fingerprint density at radius 3 is 2.69 bits per heavy atom. The lowest BCUT2D eigenvalue weighted by Gasteiger charge is -2.22. The first-order chi connectivity index (χ1) is 7.79. The fourth-order valence-corrected chi connectivity index (χ4v) is 1.77. The minimum atomic E-state index is 0.596. The summed E-state index contributed by atoms with van der Waals surface area (Å²) >= 11 is 0. The van der Waals surface area contributed by atoms with Gasteiger partial charge in [0.25, 0.3) is 0 Å². The van der Waals surface area contributed by atoms with E-state index in [4.69, 9.17) is 10.5 Å². The summed E-state index contributed by atoms with van der Waals surface area (Å²) in [5, 5.41) is 0. The predicted octanol–water partition coefficient (Wildman–Crippen LogP) is 2.01. The van der Waals surface area contributed by atoms with E-state index < -0.39 is 0 Å². The van der Waals surface area contributed by atoms with Crippen LogP contribution in [0.3, 0.4) is 0 Å². The molecule has 16 heavy (non-hydrogen) atoms. The molecule has 0 aliphatic heterocycles. The van der Waals surface area contributed by atoms with Crippen LogP contribution in [0.5, 0.6) is 0 Å². The van der Waals surface area contributed by atoms with Crippen LogP contribution in [0.15, 0.2) is 24.3 Å². The summed E-state index contributed by atoms with van der Waals surface area (Å²) in [6.45, 7) is 2.48. The monoisotopic (exact) mass is 222 g/mol. The molecule has 0 aromatic heterocycles. The molecule has 0 saturated carbocycles. The van der Waals surface area contributed by atoms with Crippen LogP contribution in [0, 0.1) is 0 Å². The molecule has 3 heteroatoms. The maximum absolute atomic E-state index is 5.72. The molecule has 0 spiro atoms. The van der Waals surface area contributed by atoms with Gasteiger partial charge in [-0.25, -0.2) is 0 Å². The summed E-state index contributed by atoms with van der Waals surface area (Å²) in [6.07, 6.45) is 2.24. The van der Waals surface area contributed by atoms with Crippen molar-refractivity contribution in [2.75, 3.05) is 32.2 Å². The molecule has 0 atom stereocenters.